The molecule has 0 radical (unpaired) electrons. The first-order valence-electron chi connectivity index (χ1n) is 9.41. The van der Waals surface area contributed by atoms with Crippen molar-refractivity contribution < 1.29 is 9.47 Å². The Balaban J connectivity index is 1.49. The highest BCUT2D eigenvalue weighted by Gasteiger charge is 2.47. The zero-order valence-corrected chi connectivity index (χ0v) is 15.0. The molecular formula is C21H29NO2. The second kappa shape index (κ2) is 6.42. The highest BCUT2D eigenvalue weighted by Crippen LogP contribution is 2.57. The molecule has 0 N–H and O–H groups in total. The fourth-order valence-corrected chi connectivity index (χ4v) is 5.77. The van der Waals surface area contributed by atoms with Gasteiger partial charge in [0.2, 0.25) is 0 Å². The quantitative estimate of drug-likeness (QED) is 0.732. The molecule has 1 aromatic rings. The Morgan fingerprint density at radius 3 is 2.54 bits per heavy atom. The van der Waals surface area contributed by atoms with Crippen LogP contribution in [0.15, 0.2) is 23.2 Å². The van der Waals surface area contributed by atoms with Gasteiger partial charge in [0.05, 0.1) is 14.2 Å². The molecule has 1 aromatic carbocycles. The molecule has 0 heterocycles. The molecule has 4 saturated carbocycles. The Kier molecular flexibility index (Phi) is 4.28. The van der Waals surface area contributed by atoms with E-state index in [-0.39, 0.29) is 0 Å². The molecule has 4 aliphatic carbocycles. The van der Waals surface area contributed by atoms with Gasteiger partial charge in [-0.2, -0.15) is 0 Å². The minimum atomic E-state index is 0.481. The Hall–Kier alpha value is -1.51. The number of aliphatic imine (C=N–C) groups is 1. The summed E-state index contributed by atoms with van der Waals surface area (Å²) in [6.45, 7) is 0.988. The standard InChI is InChI=1S/C21H29NO2/c1-23-19-4-3-18(20(10-19)24-2)13-22-14-21-6-5-15-7-16(11-21)9-17(8-15)12-21/h3-4,10,13,15-17H,5-9,11-12,14H2,1-2H3/t15?,16-,17-,21?/m0/s1. The van der Waals surface area contributed by atoms with Gasteiger partial charge in [-0.3, -0.25) is 4.99 Å². The van der Waals surface area contributed by atoms with Crippen LogP contribution in [-0.4, -0.2) is 27.0 Å². The van der Waals surface area contributed by atoms with Crippen molar-refractivity contribution in [1.29, 1.82) is 0 Å². The van der Waals surface area contributed by atoms with Crippen LogP contribution in [-0.2, 0) is 0 Å². The third-order valence-corrected chi connectivity index (χ3v) is 6.62. The lowest BCUT2D eigenvalue weighted by Gasteiger charge is -2.44. The second-order valence-electron chi connectivity index (χ2n) is 8.33. The largest absolute Gasteiger partial charge is 0.497 e. The van der Waals surface area contributed by atoms with Gasteiger partial charge < -0.3 is 9.47 Å². The van der Waals surface area contributed by atoms with Crippen molar-refractivity contribution in [3.8, 4) is 11.5 Å². The van der Waals surface area contributed by atoms with E-state index in [1.165, 1.54) is 44.9 Å². The monoisotopic (exact) mass is 327 g/mol. The van der Waals surface area contributed by atoms with Crippen molar-refractivity contribution in [2.75, 3.05) is 20.8 Å². The maximum atomic E-state index is 5.48. The lowest BCUT2D eigenvalue weighted by atomic mass is 9.61. The molecule has 0 aliphatic heterocycles. The second-order valence-corrected chi connectivity index (χ2v) is 8.33. The van der Waals surface area contributed by atoms with Gasteiger partial charge in [-0.15, -0.1) is 0 Å². The van der Waals surface area contributed by atoms with E-state index in [1.807, 2.05) is 24.4 Å². The Bertz CT molecular complexity index is 610. The molecule has 2 atom stereocenters. The average molecular weight is 327 g/mol. The van der Waals surface area contributed by atoms with Gasteiger partial charge in [-0.1, -0.05) is 0 Å². The Morgan fingerprint density at radius 2 is 1.83 bits per heavy atom. The summed E-state index contributed by atoms with van der Waals surface area (Å²) in [6, 6.07) is 5.93. The fourth-order valence-electron chi connectivity index (χ4n) is 5.77. The summed E-state index contributed by atoms with van der Waals surface area (Å²) < 4.78 is 10.8. The lowest BCUT2D eigenvalue weighted by molar-refractivity contribution is 0.0728. The van der Waals surface area contributed by atoms with Gasteiger partial charge in [0, 0.05) is 24.4 Å². The molecule has 5 rings (SSSR count). The molecule has 0 aromatic heterocycles. The van der Waals surface area contributed by atoms with E-state index in [0.717, 1.165) is 41.4 Å². The van der Waals surface area contributed by atoms with E-state index in [4.69, 9.17) is 14.5 Å². The smallest absolute Gasteiger partial charge is 0.131 e. The van der Waals surface area contributed by atoms with E-state index in [1.54, 1.807) is 14.2 Å². The van der Waals surface area contributed by atoms with Crippen molar-refractivity contribution in [3.63, 3.8) is 0 Å². The topological polar surface area (TPSA) is 30.8 Å². The number of hydrogen-bond donors (Lipinski definition) is 0. The highest BCUT2D eigenvalue weighted by molar-refractivity contribution is 5.84. The van der Waals surface area contributed by atoms with Gasteiger partial charge in [0.1, 0.15) is 11.5 Å². The van der Waals surface area contributed by atoms with Crippen molar-refractivity contribution in [3.05, 3.63) is 23.8 Å². The highest BCUT2D eigenvalue weighted by atomic mass is 16.5. The van der Waals surface area contributed by atoms with Crippen LogP contribution in [0.1, 0.15) is 50.5 Å². The van der Waals surface area contributed by atoms with Crippen LogP contribution in [0, 0.1) is 23.2 Å². The van der Waals surface area contributed by atoms with Crippen LogP contribution in [0.2, 0.25) is 0 Å². The minimum absolute atomic E-state index is 0.481. The summed E-state index contributed by atoms with van der Waals surface area (Å²) in [5, 5.41) is 0. The van der Waals surface area contributed by atoms with Crippen LogP contribution in [0.25, 0.3) is 0 Å². The molecule has 0 amide bonds. The van der Waals surface area contributed by atoms with Crippen LogP contribution >= 0.6 is 0 Å². The Morgan fingerprint density at radius 1 is 1.08 bits per heavy atom. The molecule has 0 spiro atoms. The lowest BCUT2D eigenvalue weighted by Crippen LogP contribution is -2.36. The SMILES string of the molecule is COc1ccc(C=NCC23CCC4C[C@@H](C[C@H](C4)C2)C3)c(OC)c1. The van der Waals surface area contributed by atoms with E-state index < -0.39 is 0 Å². The van der Waals surface area contributed by atoms with Gasteiger partial charge in [0.15, 0.2) is 0 Å². The van der Waals surface area contributed by atoms with Gasteiger partial charge in [-0.25, -0.2) is 0 Å². The predicted octanol–water partition coefficient (Wildman–Crippen LogP) is 4.73. The molecule has 4 bridgehead atoms. The summed E-state index contributed by atoms with van der Waals surface area (Å²) in [4.78, 5) is 4.89. The molecule has 24 heavy (non-hydrogen) atoms. The van der Waals surface area contributed by atoms with E-state index in [9.17, 15) is 0 Å². The van der Waals surface area contributed by atoms with Crippen LogP contribution < -0.4 is 9.47 Å². The van der Waals surface area contributed by atoms with Crippen molar-refractivity contribution in [2.24, 2.45) is 28.2 Å². The first-order valence-corrected chi connectivity index (χ1v) is 9.41. The summed E-state index contributed by atoms with van der Waals surface area (Å²) in [5.41, 5.74) is 1.52. The van der Waals surface area contributed by atoms with E-state index >= 15 is 0 Å². The maximum absolute atomic E-state index is 5.48. The minimum Gasteiger partial charge on any atom is -0.497 e. The molecule has 4 fully saturated rings. The number of rotatable bonds is 5. The van der Waals surface area contributed by atoms with E-state index in [2.05, 4.69) is 0 Å². The molecule has 0 saturated heterocycles. The van der Waals surface area contributed by atoms with Gasteiger partial charge in [-0.05, 0) is 80.2 Å². The third kappa shape index (κ3) is 3.05. The molecule has 130 valence electrons. The van der Waals surface area contributed by atoms with Crippen LogP contribution in [0.4, 0.5) is 0 Å². The predicted molar refractivity (Wildman–Crippen MR) is 97.2 cm³/mol. The van der Waals surface area contributed by atoms with Crippen LogP contribution in [0.5, 0.6) is 11.5 Å². The number of ether oxygens (including phenoxy) is 2. The van der Waals surface area contributed by atoms with Crippen molar-refractivity contribution >= 4 is 6.21 Å². The first kappa shape index (κ1) is 16.0. The molecule has 4 aliphatic rings. The number of nitrogens with zero attached hydrogens (tertiary/aromatic N) is 1. The molecular weight excluding hydrogens is 298 g/mol. The maximum Gasteiger partial charge on any atom is 0.131 e. The van der Waals surface area contributed by atoms with Gasteiger partial charge >= 0.3 is 0 Å². The number of methoxy groups -OCH3 is 2. The fraction of sp³-hybridized carbons (Fsp3) is 0.667. The zero-order valence-electron chi connectivity index (χ0n) is 15.0. The summed E-state index contributed by atoms with van der Waals surface area (Å²) in [7, 11) is 3.38. The van der Waals surface area contributed by atoms with Crippen LogP contribution in [0.3, 0.4) is 0 Å². The Labute approximate surface area is 145 Å². The zero-order chi connectivity index (χ0) is 16.6. The summed E-state index contributed by atoms with van der Waals surface area (Å²) in [5.74, 6) is 4.64. The average Bonchev–Trinajstić information content (AvgIpc) is 2.79. The molecule has 3 nitrogen and oxygen atoms in total. The third-order valence-electron chi connectivity index (χ3n) is 6.62. The van der Waals surface area contributed by atoms with Crippen molar-refractivity contribution in [1.82, 2.24) is 0 Å². The number of benzene rings is 1. The normalized spacial score (nSPS) is 34.5. The first-order chi connectivity index (χ1) is 11.7. The molecule has 3 heteroatoms. The molecule has 0 unspecified atom stereocenters. The van der Waals surface area contributed by atoms with Crippen molar-refractivity contribution in [2.45, 2.75) is 44.9 Å². The van der Waals surface area contributed by atoms with Gasteiger partial charge in [0.25, 0.3) is 0 Å². The number of hydrogen-bond acceptors (Lipinski definition) is 3. The number of fused-ring (bicyclic) bond motifs is 1. The summed E-state index contributed by atoms with van der Waals surface area (Å²) in [6.07, 6.45) is 12.1. The summed E-state index contributed by atoms with van der Waals surface area (Å²) >= 11 is 0. The van der Waals surface area contributed by atoms with E-state index in [0.29, 0.717) is 5.41 Å².